The van der Waals surface area contributed by atoms with Crippen molar-refractivity contribution in [3.8, 4) is 0 Å². The number of carboxylic acids is 1. The zero-order valence-corrected chi connectivity index (χ0v) is 7.23. The molecule has 0 aromatic carbocycles. The van der Waals surface area contributed by atoms with Crippen molar-refractivity contribution < 1.29 is 19.4 Å². The van der Waals surface area contributed by atoms with Crippen LogP contribution in [0.25, 0.3) is 0 Å². The van der Waals surface area contributed by atoms with Gasteiger partial charge in [-0.05, 0) is 6.07 Å². The topological polar surface area (TPSA) is 71.4 Å². The Balaban J connectivity index is 3.10. The minimum atomic E-state index is -1.31. The molecule has 5 heteroatoms. The molecule has 0 atom stereocenters. The van der Waals surface area contributed by atoms with Crippen LogP contribution >= 0.6 is 0 Å². The third kappa shape index (κ3) is 1.69. The van der Waals surface area contributed by atoms with E-state index in [4.69, 9.17) is 0 Å². The molecule has 0 amide bonds. The second kappa shape index (κ2) is 3.30. The van der Waals surface area contributed by atoms with Crippen molar-refractivity contribution in [2.45, 2.75) is 0 Å². The molecule has 5 nitrogen and oxygen atoms in total. The van der Waals surface area contributed by atoms with E-state index in [1.54, 1.807) is 7.05 Å². The van der Waals surface area contributed by atoms with E-state index in [1.807, 2.05) is 0 Å². The fraction of sp³-hybridized carbons (Fsp3) is 0.250. The minimum Gasteiger partial charge on any atom is -0.545 e. The van der Waals surface area contributed by atoms with Gasteiger partial charge in [0.1, 0.15) is 5.69 Å². The van der Waals surface area contributed by atoms with Crippen LogP contribution in [0.5, 0.6) is 0 Å². The molecule has 1 rings (SSSR count). The summed E-state index contributed by atoms with van der Waals surface area (Å²) in [6.07, 6.45) is 1.29. The Morgan fingerprint density at radius 1 is 1.54 bits per heavy atom. The van der Waals surface area contributed by atoms with Crippen LogP contribution in [0.2, 0.25) is 0 Å². The van der Waals surface area contributed by atoms with Crippen molar-refractivity contribution in [2.75, 3.05) is 7.11 Å². The van der Waals surface area contributed by atoms with Crippen LogP contribution in [0.3, 0.4) is 0 Å². The number of nitrogens with zero attached hydrogens (tertiary/aromatic N) is 1. The molecule has 0 N–H and O–H groups in total. The third-order valence-electron chi connectivity index (χ3n) is 1.64. The van der Waals surface area contributed by atoms with Gasteiger partial charge in [0.2, 0.25) is 0 Å². The fourth-order valence-electron chi connectivity index (χ4n) is 0.984. The van der Waals surface area contributed by atoms with Crippen molar-refractivity contribution in [3.05, 3.63) is 23.5 Å². The van der Waals surface area contributed by atoms with Crippen molar-refractivity contribution in [2.24, 2.45) is 7.05 Å². The Hall–Kier alpha value is -1.78. The molecule has 1 heterocycles. The van der Waals surface area contributed by atoms with Crippen LogP contribution < -0.4 is 5.11 Å². The van der Waals surface area contributed by atoms with Gasteiger partial charge in [-0.1, -0.05) is 0 Å². The Kier molecular flexibility index (Phi) is 2.36. The summed E-state index contributed by atoms with van der Waals surface area (Å²) in [6, 6.07) is 1.21. The second-order valence-corrected chi connectivity index (χ2v) is 2.50. The molecule has 0 fully saturated rings. The highest BCUT2D eigenvalue weighted by Gasteiger charge is 2.11. The minimum absolute atomic E-state index is 0.0390. The van der Waals surface area contributed by atoms with E-state index in [-0.39, 0.29) is 11.3 Å². The standard InChI is InChI=1S/C8H9NO4/c1-9-4-5(7(10)11)3-6(9)8(12)13-2/h3-4H,1-2H3,(H,10,11)/p-1. The predicted molar refractivity (Wildman–Crippen MR) is 41.1 cm³/mol. The van der Waals surface area contributed by atoms with Crippen LogP contribution in [0, 0.1) is 0 Å². The van der Waals surface area contributed by atoms with Crippen molar-refractivity contribution in [1.82, 2.24) is 4.57 Å². The normalized spacial score (nSPS) is 9.69. The first-order valence-electron chi connectivity index (χ1n) is 3.52. The monoisotopic (exact) mass is 182 g/mol. The summed E-state index contributed by atoms with van der Waals surface area (Å²) in [7, 11) is 2.78. The maximum absolute atomic E-state index is 11.0. The second-order valence-electron chi connectivity index (χ2n) is 2.50. The molecular weight excluding hydrogens is 174 g/mol. The zero-order chi connectivity index (χ0) is 10.0. The molecule has 0 aliphatic carbocycles. The smallest absolute Gasteiger partial charge is 0.354 e. The number of carbonyl (C=O) groups excluding carboxylic acids is 2. The van der Waals surface area contributed by atoms with Gasteiger partial charge in [-0.2, -0.15) is 0 Å². The lowest BCUT2D eigenvalue weighted by Gasteiger charge is -1.98. The van der Waals surface area contributed by atoms with Gasteiger partial charge < -0.3 is 19.2 Å². The first-order chi connectivity index (χ1) is 6.06. The Labute approximate surface area is 74.5 Å². The van der Waals surface area contributed by atoms with E-state index in [1.165, 1.54) is 23.9 Å². The highest BCUT2D eigenvalue weighted by atomic mass is 16.5. The quantitative estimate of drug-likeness (QED) is 0.560. The third-order valence-corrected chi connectivity index (χ3v) is 1.64. The number of methoxy groups -OCH3 is 1. The Bertz CT molecular complexity index is 353. The van der Waals surface area contributed by atoms with Crippen molar-refractivity contribution >= 4 is 11.9 Å². The van der Waals surface area contributed by atoms with Gasteiger partial charge in [-0.3, -0.25) is 0 Å². The van der Waals surface area contributed by atoms with Crippen LogP contribution in [-0.4, -0.2) is 23.6 Å². The van der Waals surface area contributed by atoms with Gasteiger partial charge in [0.25, 0.3) is 0 Å². The van der Waals surface area contributed by atoms with E-state index in [2.05, 4.69) is 4.74 Å². The number of aromatic nitrogens is 1. The Morgan fingerprint density at radius 3 is 2.54 bits per heavy atom. The van der Waals surface area contributed by atoms with Crippen LogP contribution in [0.1, 0.15) is 20.8 Å². The van der Waals surface area contributed by atoms with Crippen LogP contribution in [0.15, 0.2) is 12.3 Å². The van der Waals surface area contributed by atoms with E-state index in [0.717, 1.165) is 0 Å². The molecule has 70 valence electrons. The summed E-state index contributed by atoms with van der Waals surface area (Å²) in [5.74, 6) is -1.89. The lowest BCUT2D eigenvalue weighted by Crippen LogP contribution is -2.21. The molecule has 1 aromatic heterocycles. The number of aromatic carboxylic acids is 1. The van der Waals surface area contributed by atoms with Gasteiger partial charge >= 0.3 is 5.97 Å². The number of carboxylic acid groups (broad SMARTS) is 1. The highest BCUT2D eigenvalue weighted by molar-refractivity contribution is 5.93. The number of carbonyl (C=O) groups is 2. The maximum Gasteiger partial charge on any atom is 0.354 e. The molecule has 0 radical (unpaired) electrons. The van der Waals surface area contributed by atoms with Gasteiger partial charge in [0.15, 0.2) is 0 Å². The number of ether oxygens (including phenoxy) is 1. The zero-order valence-electron chi connectivity index (χ0n) is 7.23. The average Bonchev–Trinajstić information content (AvgIpc) is 2.46. The molecule has 0 bridgehead atoms. The summed E-state index contributed by atoms with van der Waals surface area (Å²) >= 11 is 0. The molecule has 0 saturated heterocycles. The first-order valence-corrected chi connectivity index (χ1v) is 3.52. The highest BCUT2D eigenvalue weighted by Crippen LogP contribution is 2.07. The molecule has 0 aliphatic rings. The van der Waals surface area contributed by atoms with Crippen LogP contribution in [0.4, 0.5) is 0 Å². The fourth-order valence-corrected chi connectivity index (χ4v) is 0.984. The largest absolute Gasteiger partial charge is 0.545 e. The number of esters is 1. The number of hydrogen-bond acceptors (Lipinski definition) is 4. The lowest BCUT2D eigenvalue weighted by atomic mass is 10.3. The molecule has 0 spiro atoms. The first kappa shape index (κ1) is 9.31. The van der Waals surface area contributed by atoms with Gasteiger partial charge in [-0.25, -0.2) is 4.79 Å². The van der Waals surface area contributed by atoms with Gasteiger partial charge in [0.05, 0.1) is 13.1 Å². The molecule has 0 aliphatic heterocycles. The summed E-state index contributed by atoms with van der Waals surface area (Å²) in [6.45, 7) is 0. The average molecular weight is 182 g/mol. The summed E-state index contributed by atoms with van der Waals surface area (Å²) < 4.78 is 5.81. The summed E-state index contributed by atoms with van der Waals surface area (Å²) in [5.41, 5.74) is 0.143. The molecule has 0 saturated carbocycles. The van der Waals surface area contributed by atoms with Gasteiger partial charge in [0, 0.05) is 18.8 Å². The maximum atomic E-state index is 11.0. The molecule has 0 unspecified atom stereocenters. The number of rotatable bonds is 2. The summed E-state index contributed by atoms with van der Waals surface area (Å²) in [4.78, 5) is 21.4. The SMILES string of the molecule is COC(=O)c1cc(C(=O)[O-])cn1C. The van der Waals surface area contributed by atoms with Crippen molar-refractivity contribution in [1.29, 1.82) is 0 Å². The summed E-state index contributed by atoms with van der Waals surface area (Å²) in [5, 5.41) is 10.4. The van der Waals surface area contributed by atoms with Crippen molar-refractivity contribution in [3.63, 3.8) is 0 Å². The van der Waals surface area contributed by atoms with E-state index in [0.29, 0.717) is 0 Å². The molecular formula is C8H8NO4-. The molecule has 13 heavy (non-hydrogen) atoms. The lowest BCUT2D eigenvalue weighted by molar-refractivity contribution is -0.255. The van der Waals surface area contributed by atoms with E-state index < -0.39 is 11.9 Å². The number of hydrogen-bond donors (Lipinski definition) is 0. The van der Waals surface area contributed by atoms with E-state index >= 15 is 0 Å². The predicted octanol–water partition coefficient (Wildman–Crippen LogP) is -0.825. The van der Waals surface area contributed by atoms with Crippen LogP contribution in [-0.2, 0) is 11.8 Å². The van der Waals surface area contributed by atoms with Gasteiger partial charge in [-0.15, -0.1) is 0 Å². The Morgan fingerprint density at radius 2 is 2.15 bits per heavy atom. The molecule has 1 aromatic rings. The number of aryl methyl sites for hydroxylation is 1. The van der Waals surface area contributed by atoms with E-state index in [9.17, 15) is 14.7 Å².